The molecule has 2 aliphatic rings. The first-order valence-electron chi connectivity index (χ1n) is 5.43. The first-order valence-corrected chi connectivity index (χ1v) is 5.43. The summed E-state index contributed by atoms with van der Waals surface area (Å²) in [5.74, 6) is -0.712. The average Bonchev–Trinajstić information content (AvgIpc) is 2.69. The largest absolute Gasteiger partial charge is 0.478 e. The minimum Gasteiger partial charge on any atom is -0.478 e. The number of hydrogen-bond donors (Lipinski definition) is 1. The van der Waals surface area contributed by atoms with Crippen molar-refractivity contribution in [2.75, 3.05) is 13.1 Å². The van der Waals surface area contributed by atoms with Crippen molar-refractivity contribution in [3.8, 4) is 0 Å². The number of nitrogens with zero attached hydrogens (tertiary/aromatic N) is 1. The number of rotatable bonds is 2. The molecule has 14 heavy (non-hydrogen) atoms. The van der Waals surface area contributed by atoms with Gasteiger partial charge in [-0.15, -0.1) is 0 Å². The Morgan fingerprint density at radius 1 is 1.57 bits per heavy atom. The zero-order valence-corrected chi connectivity index (χ0v) is 8.62. The Hall–Kier alpha value is -0.830. The highest BCUT2D eigenvalue weighted by Gasteiger charge is 2.35. The van der Waals surface area contributed by atoms with Crippen LogP contribution in [0.3, 0.4) is 0 Å². The van der Waals surface area contributed by atoms with Crippen molar-refractivity contribution in [1.82, 2.24) is 4.90 Å². The second kappa shape index (κ2) is 3.73. The summed E-state index contributed by atoms with van der Waals surface area (Å²) >= 11 is 0. The molecular formula is C11H17NO2. The molecule has 1 atom stereocenters. The maximum absolute atomic E-state index is 11.0. The summed E-state index contributed by atoms with van der Waals surface area (Å²) in [4.78, 5) is 13.5. The van der Waals surface area contributed by atoms with Gasteiger partial charge in [0, 0.05) is 18.2 Å². The molecule has 0 radical (unpaired) electrons. The average molecular weight is 195 g/mol. The predicted molar refractivity (Wildman–Crippen MR) is 54.2 cm³/mol. The van der Waals surface area contributed by atoms with Crippen LogP contribution >= 0.6 is 0 Å². The van der Waals surface area contributed by atoms with E-state index in [-0.39, 0.29) is 0 Å². The molecule has 0 aromatic carbocycles. The first-order chi connectivity index (χ1) is 6.74. The van der Waals surface area contributed by atoms with Gasteiger partial charge < -0.3 is 5.11 Å². The van der Waals surface area contributed by atoms with Crippen molar-refractivity contribution < 1.29 is 9.90 Å². The summed E-state index contributed by atoms with van der Waals surface area (Å²) in [5, 5.41) is 9.08. The van der Waals surface area contributed by atoms with Crippen LogP contribution in [0, 0.1) is 0 Å². The highest BCUT2D eigenvalue weighted by molar-refractivity contribution is 5.87. The number of carboxylic acids is 1. The number of carboxylic acid groups (broad SMARTS) is 1. The van der Waals surface area contributed by atoms with Gasteiger partial charge in [0.15, 0.2) is 0 Å². The van der Waals surface area contributed by atoms with Crippen molar-refractivity contribution >= 4 is 5.97 Å². The maximum Gasteiger partial charge on any atom is 0.331 e. The quantitative estimate of drug-likeness (QED) is 0.681. The molecule has 2 heterocycles. The molecule has 0 aromatic heterocycles. The van der Waals surface area contributed by atoms with E-state index in [0.717, 1.165) is 25.9 Å². The molecule has 1 N–H and O–H groups in total. The van der Waals surface area contributed by atoms with Crippen LogP contribution in [0.1, 0.15) is 32.6 Å². The second-order valence-electron chi connectivity index (χ2n) is 4.11. The lowest BCUT2D eigenvalue weighted by molar-refractivity contribution is -0.132. The van der Waals surface area contributed by atoms with Gasteiger partial charge in [-0.2, -0.15) is 0 Å². The van der Waals surface area contributed by atoms with Crippen molar-refractivity contribution in [3.05, 3.63) is 11.1 Å². The van der Waals surface area contributed by atoms with E-state index in [2.05, 4.69) is 4.90 Å². The van der Waals surface area contributed by atoms with E-state index in [9.17, 15) is 4.79 Å². The number of fused-ring (bicyclic) bond motifs is 1. The van der Waals surface area contributed by atoms with Gasteiger partial charge in [-0.1, -0.05) is 6.92 Å². The maximum atomic E-state index is 11.0. The fourth-order valence-electron chi connectivity index (χ4n) is 2.79. The molecule has 3 nitrogen and oxygen atoms in total. The Bertz CT molecular complexity index is 283. The number of carbonyl (C=O) groups is 1. The van der Waals surface area contributed by atoms with Crippen LogP contribution in [0.2, 0.25) is 0 Å². The molecule has 0 aromatic rings. The van der Waals surface area contributed by atoms with Gasteiger partial charge in [-0.3, -0.25) is 4.90 Å². The van der Waals surface area contributed by atoms with E-state index >= 15 is 0 Å². The summed E-state index contributed by atoms with van der Waals surface area (Å²) in [6.45, 7) is 4.16. The van der Waals surface area contributed by atoms with Gasteiger partial charge in [0.2, 0.25) is 0 Å². The summed E-state index contributed by atoms with van der Waals surface area (Å²) < 4.78 is 0. The van der Waals surface area contributed by atoms with E-state index in [1.54, 1.807) is 0 Å². The molecule has 0 aliphatic carbocycles. The lowest BCUT2D eigenvalue weighted by Crippen LogP contribution is -2.23. The molecule has 2 fully saturated rings. The summed E-state index contributed by atoms with van der Waals surface area (Å²) in [7, 11) is 0. The third kappa shape index (κ3) is 1.46. The second-order valence-corrected chi connectivity index (χ2v) is 4.11. The molecule has 0 saturated carbocycles. The zero-order chi connectivity index (χ0) is 10.1. The smallest absolute Gasteiger partial charge is 0.331 e. The number of hydrogen-bond acceptors (Lipinski definition) is 2. The predicted octanol–water partition coefficient (Wildman–Crippen LogP) is 1.65. The molecule has 78 valence electrons. The van der Waals surface area contributed by atoms with Gasteiger partial charge in [-0.05, 0) is 37.8 Å². The SMILES string of the molecule is CC/C(C(=O)O)=C1\CCN2CCCC12. The summed E-state index contributed by atoms with van der Waals surface area (Å²) in [5.41, 5.74) is 1.87. The fraction of sp³-hybridized carbons (Fsp3) is 0.727. The van der Waals surface area contributed by atoms with E-state index in [0.29, 0.717) is 18.0 Å². The van der Waals surface area contributed by atoms with Crippen LogP contribution in [0.25, 0.3) is 0 Å². The molecule has 2 rings (SSSR count). The molecule has 0 bridgehead atoms. The Kier molecular flexibility index (Phi) is 2.59. The Morgan fingerprint density at radius 2 is 2.36 bits per heavy atom. The van der Waals surface area contributed by atoms with Gasteiger partial charge in [0.1, 0.15) is 0 Å². The van der Waals surface area contributed by atoms with Crippen LogP contribution in [-0.4, -0.2) is 35.1 Å². The van der Waals surface area contributed by atoms with Gasteiger partial charge in [-0.25, -0.2) is 4.79 Å². The van der Waals surface area contributed by atoms with Crippen molar-refractivity contribution in [2.24, 2.45) is 0 Å². The van der Waals surface area contributed by atoms with Gasteiger partial charge in [0.05, 0.1) is 0 Å². The Labute approximate surface area is 84.4 Å². The van der Waals surface area contributed by atoms with Crippen LogP contribution in [-0.2, 0) is 4.79 Å². The molecule has 2 saturated heterocycles. The zero-order valence-electron chi connectivity index (χ0n) is 8.62. The van der Waals surface area contributed by atoms with E-state index < -0.39 is 5.97 Å². The molecule has 2 aliphatic heterocycles. The van der Waals surface area contributed by atoms with Crippen LogP contribution < -0.4 is 0 Å². The first kappa shape index (κ1) is 9.71. The molecule has 3 heteroatoms. The van der Waals surface area contributed by atoms with Crippen LogP contribution in [0.5, 0.6) is 0 Å². The third-order valence-electron chi connectivity index (χ3n) is 3.43. The molecular weight excluding hydrogens is 178 g/mol. The Morgan fingerprint density at radius 3 is 3.00 bits per heavy atom. The van der Waals surface area contributed by atoms with Crippen LogP contribution in [0.15, 0.2) is 11.1 Å². The normalized spacial score (nSPS) is 30.5. The van der Waals surface area contributed by atoms with Crippen molar-refractivity contribution in [1.29, 1.82) is 0 Å². The molecule has 0 amide bonds. The summed E-state index contributed by atoms with van der Waals surface area (Å²) in [6.07, 6.45) is 4.02. The van der Waals surface area contributed by atoms with E-state index in [1.165, 1.54) is 12.0 Å². The van der Waals surface area contributed by atoms with Crippen LogP contribution in [0.4, 0.5) is 0 Å². The fourth-order valence-corrected chi connectivity index (χ4v) is 2.79. The molecule has 1 unspecified atom stereocenters. The van der Waals surface area contributed by atoms with Gasteiger partial charge in [0.25, 0.3) is 0 Å². The third-order valence-corrected chi connectivity index (χ3v) is 3.43. The summed E-state index contributed by atoms with van der Waals surface area (Å²) in [6, 6.07) is 0.459. The van der Waals surface area contributed by atoms with Crippen molar-refractivity contribution in [3.63, 3.8) is 0 Å². The topological polar surface area (TPSA) is 40.5 Å². The minimum absolute atomic E-state index is 0.459. The van der Waals surface area contributed by atoms with E-state index in [1.807, 2.05) is 6.92 Å². The Balaban J connectivity index is 2.28. The lowest BCUT2D eigenvalue weighted by Gasteiger charge is -2.15. The highest BCUT2D eigenvalue weighted by atomic mass is 16.4. The number of aliphatic carboxylic acids is 1. The lowest BCUT2D eigenvalue weighted by atomic mass is 9.97. The van der Waals surface area contributed by atoms with E-state index in [4.69, 9.17) is 5.11 Å². The highest BCUT2D eigenvalue weighted by Crippen LogP contribution is 2.34. The van der Waals surface area contributed by atoms with Crippen molar-refractivity contribution in [2.45, 2.75) is 38.6 Å². The minimum atomic E-state index is -0.712. The molecule has 0 spiro atoms. The standard InChI is InChI=1S/C11H17NO2/c1-2-8(11(13)14)9-5-7-12-6-3-4-10(9)12/h10H,2-7H2,1H3,(H,13,14)/b9-8-. The monoisotopic (exact) mass is 195 g/mol. The van der Waals surface area contributed by atoms with Gasteiger partial charge >= 0.3 is 5.97 Å².